The van der Waals surface area contributed by atoms with Gasteiger partial charge < -0.3 is 14.8 Å². The standard InChI is InChI=1S/C21H28N4O3S/c1-15-19(29-14-22-15)20(26)24-17-7-3-4-9-21(17)13-25(10-11-28-21)12-16-6-5-8-18(23-16)27-2/h5-6,8,14,17H,3-4,7,9-13H2,1-2H3,(H,24,26)/t17-,21-/m1/s1. The summed E-state index contributed by atoms with van der Waals surface area (Å²) < 4.78 is 11.6. The molecule has 1 aliphatic carbocycles. The fraction of sp³-hybridized carbons (Fsp3) is 0.571. The van der Waals surface area contributed by atoms with E-state index in [1.165, 1.54) is 11.3 Å². The number of morpholine rings is 1. The highest BCUT2D eigenvalue weighted by molar-refractivity contribution is 7.11. The van der Waals surface area contributed by atoms with Crippen LogP contribution in [0.2, 0.25) is 0 Å². The fourth-order valence-corrected chi connectivity index (χ4v) is 5.13. The molecule has 4 rings (SSSR count). The quantitative estimate of drug-likeness (QED) is 0.808. The summed E-state index contributed by atoms with van der Waals surface area (Å²) in [5.41, 5.74) is 3.15. The van der Waals surface area contributed by atoms with E-state index >= 15 is 0 Å². The third-order valence-corrected chi connectivity index (χ3v) is 6.83. The van der Waals surface area contributed by atoms with Crippen LogP contribution in [-0.2, 0) is 11.3 Å². The Morgan fingerprint density at radius 3 is 3.14 bits per heavy atom. The molecule has 29 heavy (non-hydrogen) atoms. The molecule has 2 aromatic rings. The number of nitrogens with zero attached hydrogens (tertiary/aromatic N) is 3. The minimum atomic E-state index is -0.344. The molecule has 0 radical (unpaired) electrons. The molecule has 8 heteroatoms. The molecule has 1 saturated carbocycles. The summed E-state index contributed by atoms with van der Waals surface area (Å²) >= 11 is 1.39. The highest BCUT2D eigenvalue weighted by atomic mass is 32.1. The number of nitrogens with one attached hydrogen (secondary N) is 1. The molecule has 3 heterocycles. The monoisotopic (exact) mass is 416 g/mol. The topological polar surface area (TPSA) is 76.6 Å². The molecule has 0 aromatic carbocycles. The third-order valence-electron chi connectivity index (χ3n) is 5.90. The number of pyridine rings is 1. The first-order valence-corrected chi connectivity index (χ1v) is 11.0. The van der Waals surface area contributed by atoms with E-state index in [0.717, 1.165) is 56.7 Å². The summed E-state index contributed by atoms with van der Waals surface area (Å²) in [7, 11) is 1.63. The van der Waals surface area contributed by atoms with Crippen molar-refractivity contribution in [2.75, 3.05) is 26.8 Å². The Kier molecular flexibility index (Phi) is 6.12. The number of aryl methyl sites for hydroxylation is 1. The van der Waals surface area contributed by atoms with Crippen LogP contribution in [0.3, 0.4) is 0 Å². The number of carbonyl (C=O) groups is 1. The third kappa shape index (κ3) is 4.44. The Morgan fingerprint density at radius 2 is 2.34 bits per heavy atom. The average Bonchev–Trinajstić information content (AvgIpc) is 3.16. The SMILES string of the molecule is COc1cccc(CN2CCO[C@]3(CCCC[C@H]3NC(=O)c3scnc3C)C2)n1. The number of thiazole rings is 1. The molecule has 1 aliphatic heterocycles. The first-order valence-electron chi connectivity index (χ1n) is 10.2. The number of hydrogen-bond donors (Lipinski definition) is 1. The Hall–Kier alpha value is -2.03. The molecule has 1 amide bonds. The van der Waals surface area contributed by atoms with Crippen molar-refractivity contribution < 1.29 is 14.3 Å². The fourth-order valence-electron chi connectivity index (χ4n) is 4.42. The highest BCUT2D eigenvalue weighted by Gasteiger charge is 2.46. The Balaban J connectivity index is 1.48. The van der Waals surface area contributed by atoms with E-state index in [1.54, 1.807) is 12.6 Å². The van der Waals surface area contributed by atoms with Gasteiger partial charge in [0.25, 0.3) is 5.91 Å². The van der Waals surface area contributed by atoms with E-state index in [2.05, 4.69) is 20.2 Å². The maximum Gasteiger partial charge on any atom is 0.263 e. The summed E-state index contributed by atoms with van der Waals surface area (Å²) in [6, 6.07) is 5.86. The van der Waals surface area contributed by atoms with Gasteiger partial charge in [-0.25, -0.2) is 9.97 Å². The van der Waals surface area contributed by atoms with E-state index < -0.39 is 0 Å². The van der Waals surface area contributed by atoms with E-state index in [0.29, 0.717) is 17.4 Å². The first kappa shape index (κ1) is 20.3. The number of methoxy groups -OCH3 is 1. The lowest BCUT2D eigenvalue weighted by Gasteiger charge is -2.49. The van der Waals surface area contributed by atoms with Crippen LogP contribution in [0, 0.1) is 6.92 Å². The Labute approximate surface area is 175 Å². The molecular formula is C21H28N4O3S. The zero-order chi connectivity index (χ0) is 20.3. The van der Waals surface area contributed by atoms with Gasteiger partial charge in [-0.3, -0.25) is 9.69 Å². The van der Waals surface area contributed by atoms with Gasteiger partial charge in [-0.05, 0) is 25.8 Å². The van der Waals surface area contributed by atoms with Crippen LogP contribution < -0.4 is 10.1 Å². The van der Waals surface area contributed by atoms with Gasteiger partial charge in [-0.15, -0.1) is 11.3 Å². The van der Waals surface area contributed by atoms with Crippen molar-refractivity contribution in [1.29, 1.82) is 0 Å². The smallest absolute Gasteiger partial charge is 0.263 e. The predicted molar refractivity (Wildman–Crippen MR) is 111 cm³/mol. The van der Waals surface area contributed by atoms with Gasteiger partial charge in [0.15, 0.2) is 0 Å². The molecule has 0 unspecified atom stereocenters. The van der Waals surface area contributed by atoms with E-state index in [-0.39, 0.29) is 17.6 Å². The number of amides is 1. The van der Waals surface area contributed by atoms with Crippen LogP contribution in [0.15, 0.2) is 23.7 Å². The largest absolute Gasteiger partial charge is 0.481 e. The Bertz CT molecular complexity index is 854. The molecule has 156 valence electrons. The predicted octanol–water partition coefficient (Wildman–Crippen LogP) is 2.80. The van der Waals surface area contributed by atoms with Crippen molar-refractivity contribution in [2.45, 2.75) is 50.8 Å². The van der Waals surface area contributed by atoms with Gasteiger partial charge in [0, 0.05) is 25.7 Å². The van der Waals surface area contributed by atoms with Crippen molar-refractivity contribution in [3.8, 4) is 5.88 Å². The minimum absolute atomic E-state index is 0.00585. The van der Waals surface area contributed by atoms with Crippen molar-refractivity contribution in [3.05, 3.63) is 40.0 Å². The summed E-state index contributed by atoms with van der Waals surface area (Å²) in [4.78, 5) is 24.7. The van der Waals surface area contributed by atoms with Crippen LogP contribution in [0.25, 0.3) is 0 Å². The lowest BCUT2D eigenvalue weighted by molar-refractivity contribution is -0.143. The number of hydrogen-bond acceptors (Lipinski definition) is 7. The normalized spacial score (nSPS) is 25.1. The van der Waals surface area contributed by atoms with E-state index in [4.69, 9.17) is 9.47 Å². The summed E-state index contributed by atoms with van der Waals surface area (Å²) in [5.74, 6) is 0.597. The van der Waals surface area contributed by atoms with Crippen LogP contribution in [0.4, 0.5) is 0 Å². The lowest BCUT2D eigenvalue weighted by atomic mass is 9.78. The van der Waals surface area contributed by atoms with Gasteiger partial charge in [-0.1, -0.05) is 18.9 Å². The second-order valence-corrected chi connectivity index (χ2v) is 8.69. The molecule has 0 bridgehead atoms. The van der Waals surface area contributed by atoms with Gasteiger partial charge in [0.1, 0.15) is 10.5 Å². The zero-order valence-corrected chi connectivity index (χ0v) is 17.8. The summed E-state index contributed by atoms with van der Waals surface area (Å²) in [6.07, 6.45) is 4.13. The first-order chi connectivity index (χ1) is 14.1. The van der Waals surface area contributed by atoms with Gasteiger partial charge >= 0.3 is 0 Å². The highest BCUT2D eigenvalue weighted by Crippen LogP contribution is 2.35. The molecule has 1 spiro atoms. The second-order valence-electron chi connectivity index (χ2n) is 7.83. The maximum atomic E-state index is 12.8. The molecule has 2 atom stereocenters. The molecule has 2 aromatic heterocycles. The molecule has 1 N–H and O–H groups in total. The molecule has 2 aliphatic rings. The molecule has 7 nitrogen and oxygen atoms in total. The van der Waals surface area contributed by atoms with Crippen molar-refractivity contribution >= 4 is 17.2 Å². The van der Waals surface area contributed by atoms with Crippen LogP contribution >= 0.6 is 11.3 Å². The minimum Gasteiger partial charge on any atom is -0.481 e. The van der Waals surface area contributed by atoms with Crippen LogP contribution in [0.1, 0.15) is 46.7 Å². The number of carbonyl (C=O) groups excluding carboxylic acids is 1. The van der Waals surface area contributed by atoms with Gasteiger partial charge in [0.05, 0.1) is 36.7 Å². The van der Waals surface area contributed by atoms with Crippen LogP contribution in [-0.4, -0.2) is 59.2 Å². The van der Waals surface area contributed by atoms with E-state index in [1.807, 2.05) is 25.1 Å². The summed E-state index contributed by atoms with van der Waals surface area (Å²) in [5, 5.41) is 3.27. The number of aromatic nitrogens is 2. The van der Waals surface area contributed by atoms with Gasteiger partial charge in [-0.2, -0.15) is 0 Å². The average molecular weight is 417 g/mol. The van der Waals surface area contributed by atoms with Crippen LogP contribution in [0.5, 0.6) is 5.88 Å². The van der Waals surface area contributed by atoms with E-state index in [9.17, 15) is 4.79 Å². The second kappa shape index (κ2) is 8.77. The van der Waals surface area contributed by atoms with Crippen molar-refractivity contribution in [1.82, 2.24) is 20.2 Å². The molecule has 1 saturated heterocycles. The van der Waals surface area contributed by atoms with Crippen molar-refractivity contribution in [3.63, 3.8) is 0 Å². The Morgan fingerprint density at radius 1 is 1.45 bits per heavy atom. The number of rotatable bonds is 5. The molecule has 2 fully saturated rings. The summed E-state index contributed by atoms with van der Waals surface area (Å²) in [6.45, 7) is 4.93. The number of ether oxygens (including phenoxy) is 2. The van der Waals surface area contributed by atoms with Gasteiger partial charge in [0.2, 0.25) is 5.88 Å². The zero-order valence-electron chi connectivity index (χ0n) is 17.0. The lowest BCUT2D eigenvalue weighted by Crippen LogP contribution is -2.63. The maximum absolute atomic E-state index is 12.8. The molecular weight excluding hydrogens is 388 g/mol. The van der Waals surface area contributed by atoms with Crippen molar-refractivity contribution in [2.24, 2.45) is 0 Å².